The Morgan fingerprint density at radius 3 is 2.03 bits per heavy atom. The smallest absolute Gasteiger partial charge is 0.338 e. The minimum absolute atomic E-state index is 0.571. The molecule has 5 rings (SSSR count). The lowest BCUT2D eigenvalue weighted by atomic mass is 10.0. The summed E-state index contributed by atoms with van der Waals surface area (Å²) >= 11 is 0. The van der Waals surface area contributed by atoms with Crippen molar-refractivity contribution in [3.8, 4) is 0 Å². The van der Waals surface area contributed by atoms with E-state index in [4.69, 9.17) is 0 Å². The van der Waals surface area contributed by atoms with Gasteiger partial charge in [0.15, 0.2) is 0 Å². The number of benzene rings is 3. The van der Waals surface area contributed by atoms with E-state index < -0.39 is 5.79 Å². The van der Waals surface area contributed by atoms with Gasteiger partial charge in [-0.25, -0.2) is 4.90 Å². The van der Waals surface area contributed by atoms with Crippen LogP contribution in [0.2, 0.25) is 0 Å². The van der Waals surface area contributed by atoms with E-state index in [9.17, 15) is 5.21 Å². The van der Waals surface area contributed by atoms with E-state index in [1.165, 1.54) is 10.3 Å². The fourth-order valence-electron chi connectivity index (χ4n) is 4.90. The molecule has 3 aromatic carbocycles. The van der Waals surface area contributed by atoms with E-state index in [0.717, 1.165) is 48.5 Å². The van der Waals surface area contributed by atoms with Crippen LogP contribution in [0.5, 0.6) is 0 Å². The van der Waals surface area contributed by atoms with Crippen molar-refractivity contribution in [2.45, 2.75) is 25.6 Å². The van der Waals surface area contributed by atoms with Gasteiger partial charge in [0.05, 0.1) is 5.56 Å². The monoisotopic (exact) mass is 397 g/mol. The molecule has 4 nitrogen and oxygen atoms in total. The Labute approximate surface area is 178 Å². The molecule has 0 aliphatic carbocycles. The number of hydrogen-bond donors (Lipinski definition) is 0. The van der Waals surface area contributed by atoms with Crippen LogP contribution in [0, 0.1) is 12.1 Å². The first kappa shape index (κ1) is 18.9. The molecule has 1 unspecified atom stereocenters. The van der Waals surface area contributed by atoms with Crippen molar-refractivity contribution in [3.63, 3.8) is 0 Å². The Morgan fingerprint density at radius 2 is 1.40 bits per heavy atom. The highest BCUT2D eigenvalue weighted by atomic mass is 16.5. The van der Waals surface area contributed by atoms with Crippen LogP contribution in [0.1, 0.15) is 29.5 Å². The molecule has 0 radical (unpaired) electrons. The van der Waals surface area contributed by atoms with Crippen LogP contribution in [-0.2, 0) is 5.79 Å². The van der Waals surface area contributed by atoms with Crippen LogP contribution < -0.4 is 4.90 Å². The maximum absolute atomic E-state index is 14.3. The SMILES string of the molecule is Cc1ccc(C2=[N+]([O-])C(c3ccccc3)(N3CCCC3)N(c3ccccc3)C2)cc1. The molecule has 0 saturated carbocycles. The molecule has 2 aliphatic rings. The lowest BCUT2D eigenvalue weighted by Gasteiger charge is -2.42. The van der Waals surface area contributed by atoms with Crippen LogP contribution in [-0.4, -0.2) is 35.0 Å². The van der Waals surface area contributed by atoms with Crippen LogP contribution in [0.4, 0.5) is 5.69 Å². The summed E-state index contributed by atoms with van der Waals surface area (Å²) in [6.07, 6.45) is 2.23. The summed E-state index contributed by atoms with van der Waals surface area (Å²) in [5.74, 6) is -0.876. The van der Waals surface area contributed by atoms with Crippen molar-refractivity contribution in [2.75, 3.05) is 24.5 Å². The van der Waals surface area contributed by atoms with Crippen molar-refractivity contribution < 1.29 is 4.74 Å². The quantitative estimate of drug-likeness (QED) is 0.472. The second-order valence-electron chi connectivity index (χ2n) is 8.22. The van der Waals surface area contributed by atoms with E-state index in [-0.39, 0.29) is 0 Å². The third-order valence-corrected chi connectivity index (χ3v) is 6.37. The fourth-order valence-corrected chi connectivity index (χ4v) is 4.90. The summed E-state index contributed by atoms with van der Waals surface area (Å²) < 4.78 is 1.28. The number of hydrogen-bond acceptors (Lipinski definition) is 3. The Bertz CT molecular complexity index is 1040. The molecule has 152 valence electrons. The van der Waals surface area contributed by atoms with E-state index >= 15 is 0 Å². The fraction of sp³-hybridized carbons (Fsp3) is 0.269. The summed E-state index contributed by atoms with van der Waals surface area (Å²) in [7, 11) is 0. The standard InChI is InChI=1S/C26H27N3O/c1-21-14-16-22(17-15-21)25-20-28(24-12-6-3-7-13-24)26(29(25)30,27-18-8-9-19-27)23-10-4-2-5-11-23/h2-7,10-17H,8-9,18-20H2,1H3. The minimum Gasteiger partial charge on any atom is -0.620 e. The highest BCUT2D eigenvalue weighted by Crippen LogP contribution is 2.42. The van der Waals surface area contributed by atoms with Crippen molar-refractivity contribution >= 4 is 11.4 Å². The van der Waals surface area contributed by atoms with Gasteiger partial charge in [0.25, 0.3) is 0 Å². The topological polar surface area (TPSA) is 32.6 Å². The summed E-state index contributed by atoms with van der Waals surface area (Å²) in [4.78, 5) is 4.65. The molecule has 1 atom stereocenters. The van der Waals surface area contributed by atoms with Crippen LogP contribution >= 0.6 is 0 Å². The lowest BCUT2D eigenvalue weighted by Crippen LogP contribution is -2.59. The number of rotatable bonds is 4. The number of nitrogens with zero attached hydrogens (tertiary/aromatic N) is 3. The van der Waals surface area contributed by atoms with E-state index in [1.807, 2.05) is 36.4 Å². The number of para-hydroxylation sites is 1. The molecule has 0 aromatic heterocycles. The van der Waals surface area contributed by atoms with Gasteiger partial charge in [-0.05, 0) is 56.2 Å². The zero-order chi connectivity index (χ0) is 20.6. The van der Waals surface area contributed by atoms with Crippen LogP contribution in [0.3, 0.4) is 0 Å². The van der Waals surface area contributed by atoms with Crippen LogP contribution in [0.15, 0.2) is 84.9 Å². The largest absolute Gasteiger partial charge is 0.620 e. The van der Waals surface area contributed by atoms with Gasteiger partial charge in [0.1, 0.15) is 6.54 Å². The van der Waals surface area contributed by atoms with E-state index in [2.05, 4.69) is 65.3 Å². The molecule has 4 heteroatoms. The number of hydroxylamine groups is 1. The third-order valence-electron chi connectivity index (χ3n) is 6.37. The Kier molecular flexibility index (Phi) is 4.80. The molecule has 1 fully saturated rings. The first-order valence-electron chi connectivity index (χ1n) is 10.7. The van der Waals surface area contributed by atoms with Gasteiger partial charge in [0, 0.05) is 24.3 Å². The van der Waals surface area contributed by atoms with Gasteiger partial charge >= 0.3 is 5.79 Å². The Morgan fingerprint density at radius 1 is 0.800 bits per heavy atom. The molecule has 0 amide bonds. The average Bonchev–Trinajstić information content (AvgIpc) is 3.43. The number of likely N-dealkylation sites (tertiary alicyclic amines) is 1. The third kappa shape index (κ3) is 2.91. The van der Waals surface area contributed by atoms with Gasteiger partial charge in [-0.2, -0.15) is 4.74 Å². The van der Waals surface area contributed by atoms with Gasteiger partial charge in [-0.1, -0.05) is 54.1 Å². The van der Waals surface area contributed by atoms with Gasteiger partial charge < -0.3 is 5.21 Å². The minimum atomic E-state index is -0.876. The molecular weight excluding hydrogens is 370 g/mol. The van der Waals surface area contributed by atoms with Crippen molar-refractivity contribution in [1.82, 2.24) is 4.90 Å². The molecule has 30 heavy (non-hydrogen) atoms. The van der Waals surface area contributed by atoms with Gasteiger partial charge in [-0.15, -0.1) is 0 Å². The highest BCUT2D eigenvalue weighted by Gasteiger charge is 2.58. The molecule has 2 heterocycles. The van der Waals surface area contributed by atoms with Crippen molar-refractivity contribution in [3.05, 3.63) is 107 Å². The van der Waals surface area contributed by atoms with Crippen molar-refractivity contribution in [2.24, 2.45) is 0 Å². The molecule has 0 N–H and O–H groups in total. The van der Waals surface area contributed by atoms with E-state index in [1.54, 1.807) is 0 Å². The number of aryl methyl sites for hydroxylation is 1. The molecule has 1 saturated heterocycles. The molecule has 0 spiro atoms. The predicted octanol–water partition coefficient (Wildman–Crippen LogP) is 4.72. The molecule has 2 aliphatic heterocycles. The normalized spacial score (nSPS) is 22.1. The highest BCUT2D eigenvalue weighted by molar-refractivity contribution is 6.01. The second-order valence-corrected chi connectivity index (χ2v) is 8.22. The lowest BCUT2D eigenvalue weighted by molar-refractivity contribution is -0.583. The maximum atomic E-state index is 14.3. The zero-order valence-electron chi connectivity index (χ0n) is 17.4. The first-order chi connectivity index (χ1) is 14.7. The van der Waals surface area contributed by atoms with Gasteiger partial charge in [0.2, 0.25) is 5.71 Å². The summed E-state index contributed by atoms with van der Waals surface area (Å²) in [6.45, 7) is 4.48. The molecule has 3 aromatic rings. The molecular formula is C26H27N3O. The average molecular weight is 398 g/mol. The Hall–Kier alpha value is -3.11. The van der Waals surface area contributed by atoms with Gasteiger partial charge in [-0.3, -0.25) is 4.90 Å². The van der Waals surface area contributed by atoms with Crippen molar-refractivity contribution in [1.29, 1.82) is 0 Å². The Balaban J connectivity index is 1.76. The first-order valence-corrected chi connectivity index (χ1v) is 10.7. The number of anilines is 1. The molecule has 0 bridgehead atoms. The summed E-state index contributed by atoms with van der Waals surface area (Å²) in [5, 5.41) is 14.3. The maximum Gasteiger partial charge on any atom is 0.338 e. The zero-order valence-corrected chi connectivity index (χ0v) is 17.4. The van der Waals surface area contributed by atoms with Crippen LogP contribution in [0.25, 0.3) is 0 Å². The second kappa shape index (κ2) is 7.62. The predicted molar refractivity (Wildman–Crippen MR) is 122 cm³/mol. The summed E-state index contributed by atoms with van der Waals surface area (Å²) in [5.41, 5.74) is 5.09. The van der Waals surface area contributed by atoms with E-state index in [0.29, 0.717) is 6.54 Å². The summed E-state index contributed by atoms with van der Waals surface area (Å²) in [6, 6.07) is 28.9.